The SMILES string of the molecule is CC(=O)c1ccc(N2CCN(c3ccc(Br)cc3)CC2)cn1. The molecule has 1 fully saturated rings. The number of carbonyl (C=O) groups is 1. The van der Waals surface area contributed by atoms with E-state index in [4.69, 9.17) is 0 Å². The highest BCUT2D eigenvalue weighted by molar-refractivity contribution is 9.10. The average molecular weight is 360 g/mol. The second kappa shape index (κ2) is 6.48. The highest BCUT2D eigenvalue weighted by Gasteiger charge is 2.17. The molecule has 0 bridgehead atoms. The van der Waals surface area contributed by atoms with E-state index in [0.29, 0.717) is 5.69 Å². The Bertz CT molecular complexity index is 647. The van der Waals surface area contributed by atoms with Crippen molar-refractivity contribution in [1.29, 1.82) is 0 Å². The largest absolute Gasteiger partial charge is 0.368 e. The lowest BCUT2D eigenvalue weighted by molar-refractivity contribution is 0.101. The summed E-state index contributed by atoms with van der Waals surface area (Å²) in [7, 11) is 0. The summed E-state index contributed by atoms with van der Waals surface area (Å²) in [6.45, 7) is 5.42. The van der Waals surface area contributed by atoms with Crippen molar-refractivity contribution < 1.29 is 4.79 Å². The van der Waals surface area contributed by atoms with Gasteiger partial charge in [-0.15, -0.1) is 0 Å². The number of piperazine rings is 1. The van der Waals surface area contributed by atoms with Gasteiger partial charge in [-0.1, -0.05) is 15.9 Å². The van der Waals surface area contributed by atoms with E-state index in [1.807, 2.05) is 6.07 Å². The molecule has 22 heavy (non-hydrogen) atoms. The van der Waals surface area contributed by atoms with Crippen molar-refractivity contribution in [1.82, 2.24) is 4.98 Å². The second-order valence-corrected chi connectivity index (χ2v) is 6.32. The molecule has 3 rings (SSSR count). The fourth-order valence-electron chi connectivity index (χ4n) is 2.66. The lowest BCUT2D eigenvalue weighted by atomic mass is 10.2. The number of hydrogen-bond acceptors (Lipinski definition) is 4. The van der Waals surface area contributed by atoms with Crippen molar-refractivity contribution >= 4 is 33.1 Å². The summed E-state index contributed by atoms with van der Waals surface area (Å²) in [5.41, 5.74) is 2.87. The van der Waals surface area contributed by atoms with Crippen LogP contribution in [0, 0.1) is 0 Å². The molecule has 0 N–H and O–H groups in total. The van der Waals surface area contributed by atoms with Gasteiger partial charge in [-0.2, -0.15) is 0 Å². The van der Waals surface area contributed by atoms with Crippen LogP contribution in [0.15, 0.2) is 47.1 Å². The zero-order valence-electron chi connectivity index (χ0n) is 12.5. The predicted octanol–water partition coefficient (Wildman–Crippen LogP) is 3.37. The molecule has 0 radical (unpaired) electrons. The maximum atomic E-state index is 11.3. The zero-order chi connectivity index (χ0) is 15.5. The Morgan fingerprint density at radius 3 is 2.00 bits per heavy atom. The average Bonchev–Trinajstić information content (AvgIpc) is 2.56. The molecule has 1 aromatic heterocycles. The summed E-state index contributed by atoms with van der Waals surface area (Å²) in [5, 5.41) is 0. The molecule has 1 aliphatic heterocycles. The number of rotatable bonds is 3. The summed E-state index contributed by atoms with van der Waals surface area (Å²) < 4.78 is 1.10. The first-order valence-electron chi connectivity index (χ1n) is 7.36. The summed E-state index contributed by atoms with van der Waals surface area (Å²) in [6.07, 6.45) is 1.80. The highest BCUT2D eigenvalue weighted by atomic mass is 79.9. The van der Waals surface area contributed by atoms with Gasteiger partial charge in [0.15, 0.2) is 5.78 Å². The molecule has 1 aliphatic rings. The topological polar surface area (TPSA) is 36.4 Å². The molecule has 1 saturated heterocycles. The molecular weight excluding hydrogens is 342 g/mol. The molecule has 0 aliphatic carbocycles. The zero-order valence-corrected chi connectivity index (χ0v) is 14.1. The van der Waals surface area contributed by atoms with Gasteiger partial charge in [0.05, 0.1) is 11.9 Å². The molecule has 0 saturated carbocycles. The Labute approximate surface area is 138 Å². The number of carbonyl (C=O) groups excluding carboxylic acids is 1. The summed E-state index contributed by atoms with van der Waals surface area (Å²) in [4.78, 5) is 20.2. The Hall–Kier alpha value is -1.88. The maximum absolute atomic E-state index is 11.3. The number of anilines is 2. The Kier molecular flexibility index (Phi) is 4.43. The van der Waals surface area contributed by atoms with Crippen molar-refractivity contribution in [3.63, 3.8) is 0 Å². The van der Waals surface area contributed by atoms with E-state index < -0.39 is 0 Å². The first-order chi connectivity index (χ1) is 10.6. The number of halogens is 1. The Balaban J connectivity index is 1.63. The number of benzene rings is 1. The van der Waals surface area contributed by atoms with Crippen LogP contribution in [0.2, 0.25) is 0 Å². The molecule has 4 nitrogen and oxygen atoms in total. The van der Waals surface area contributed by atoms with Crippen LogP contribution in [0.4, 0.5) is 11.4 Å². The van der Waals surface area contributed by atoms with Crippen LogP contribution in [-0.4, -0.2) is 36.9 Å². The predicted molar refractivity (Wildman–Crippen MR) is 92.8 cm³/mol. The summed E-state index contributed by atoms with van der Waals surface area (Å²) in [6, 6.07) is 12.2. The molecule has 0 unspecified atom stereocenters. The van der Waals surface area contributed by atoms with Crippen LogP contribution in [0.3, 0.4) is 0 Å². The van der Waals surface area contributed by atoms with Gasteiger partial charge in [-0.05, 0) is 36.4 Å². The minimum atomic E-state index is 0.00612. The quantitative estimate of drug-likeness (QED) is 0.787. The van der Waals surface area contributed by atoms with Crippen molar-refractivity contribution in [2.45, 2.75) is 6.92 Å². The van der Waals surface area contributed by atoms with Crippen LogP contribution in [-0.2, 0) is 0 Å². The molecule has 1 aromatic carbocycles. The van der Waals surface area contributed by atoms with Crippen LogP contribution in [0.5, 0.6) is 0 Å². The summed E-state index contributed by atoms with van der Waals surface area (Å²) in [5.74, 6) is 0.00612. The Morgan fingerprint density at radius 1 is 0.955 bits per heavy atom. The van der Waals surface area contributed by atoms with Gasteiger partial charge < -0.3 is 9.80 Å². The lowest BCUT2D eigenvalue weighted by Gasteiger charge is -2.37. The molecule has 2 heterocycles. The molecule has 0 amide bonds. The van der Waals surface area contributed by atoms with Gasteiger partial charge in [0.25, 0.3) is 0 Å². The van der Waals surface area contributed by atoms with Crippen LogP contribution in [0.1, 0.15) is 17.4 Å². The van der Waals surface area contributed by atoms with Gasteiger partial charge in [-0.3, -0.25) is 9.78 Å². The van der Waals surface area contributed by atoms with E-state index in [1.54, 1.807) is 19.2 Å². The second-order valence-electron chi connectivity index (χ2n) is 5.41. The van der Waals surface area contributed by atoms with E-state index in [1.165, 1.54) is 5.69 Å². The third-order valence-corrected chi connectivity index (χ3v) is 4.47. The molecule has 5 heteroatoms. The van der Waals surface area contributed by atoms with Crippen LogP contribution in [0.25, 0.3) is 0 Å². The normalized spacial score (nSPS) is 15.0. The number of Topliss-reactive ketones (excluding diaryl/α,β-unsaturated/α-hetero) is 1. The number of hydrogen-bond donors (Lipinski definition) is 0. The van der Waals surface area contributed by atoms with Crippen molar-refractivity contribution in [3.05, 3.63) is 52.8 Å². The first-order valence-corrected chi connectivity index (χ1v) is 8.15. The third kappa shape index (κ3) is 3.30. The third-order valence-electron chi connectivity index (χ3n) is 3.95. The van der Waals surface area contributed by atoms with E-state index in [2.05, 4.69) is 55.0 Å². The molecule has 2 aromatic rings. The highest BCUT2D eigenvalue weighted by Crippen LogP contribution is 2.22. The van der Waals surface area contributed by atoms with E-state index in [-0.39, 0.29) is 5.78 Å². The van der Waals surface area contributed by atoms with E-state index >= 15 is 0 Å². The van der Waals surface area contributed by atoms with Gasteiger partial charge in [0, 0.05) is 43.3 Å². The van der Waals surface area contributed by atoms with Gasteiger partial charge in [-0.25, -0.2) is 0 Å². The fourth-order valence-corrected chi connectivity index (χ4v) is 2.92. The van der Waals surface area contributed by atoms with Crippen molar-refractivity contribution in [3.8, 4) is 0 Å². The van der Waals surface area contributed by atoms with Crippen LogP contribution >= 0.6 is 15.9 Å². The fraction of sp³-hybridized carbons (Fsp3) is 0.294. The van der Waals surface area contributed by atoms with Crippen molar-refractivity contribution in [2.75, 3.05) is 36.0 Å². The number of ketones is 1. The lowest BCUT2D eigenvalue weighted by Crippen LogP contribution is -2.46. The molecule has 0 atom stereocenters. The van der Waals surface area contributed by atoms with Gasteiger partial charge >= 0.3 is 0 Å². The number of aromatic nitrogens is 1. The minimum absolute atomic E-state index is 0.00612. The molecule has 0 spiro atoms. The minimum Gasteiger partial charge on any atom is -0.368 e. The maximum Gasteiger partial charge on any atom is 0.178 e. The summed E-state index contributed by atoms with van der Waals surface area (Å²) >= 11 is 3.47. The van der Waals surface area contributed by atoms with E-state index in [0.717, 1.165) is 36.3 Å². The van der Waals surface area contributed by atoms with Gasteiger partial charge in [0.2, 0.25) is 0 Å². The standard InChI is InChI=1S/C17H18BrN3O/c1-13(22)17-7-6-16(12-19-17)21-10-8-20(9-11-21)15-4-2-14(18)3-5-15/h2-7,12H,8-11H2,1H3. The molecule has 114 valence electrons. The van der Waals surface area contributed by atoms with Crippen LogP contribution < -0.4 is 9.80 Å². The number of nitrogens with zero attached hydrogens (tertiary/aromatic N) is 3. The number of pyridine rings is 1. The Morgan fingerprint density at radius 2 is 1.50 bits per heavy atom. The monoisotopic (exact) mass is 359 g/mol. The van der Waals surface area contributed by atoms with Gasteiger partial charge in [0.1, 0.15) is 5.69 Å². The van der Waals surface area contributed by atoms with Crippen molar-refractivity contribution in [2.24, 2.45) is 0 Å². The smallest absolute Gasteiger partial charge is 0.178 e. The first kappa shape index (κ1) is 15.0. The van der Waals surface area contributed by atoms with E-state index in [9.17, 15) is 4.79 Å². The molecular formula is C17H18BrN3O.